The van der Waals surface area contributed by atoms with Gasteiger partial charge in [0.05, 0.1) is 0 Å². The molecule has 1 aliphatic carbocycles. The lowest BCUT2D eigenvalue weighted by atomic mass is 10.1. The molecule has 2 heteroatoms. The molecule has 88 valence electrons. The molecule has 0 fully saturated rings. The first-order valence-corrected chi connectivity index (χ1v) is 5.95. The van der Waals surface area contributed by atoms with E-state index in [4.69, 9.17) is 4.84 Å². The van der Waals surface area contributed by atoms with Crippen molar-refractivity contribution in [1.82, 2.24) is 0 Å². The first-order chi connectivity index (χ1) is 8.93. The van der Waals surface area contributed by atoms with Crippen molar-refractivity contribution < 1.29 is 4.84 Å². The Morgan fingerprint density at radius 1 is 0.833 bits per heavy atom. The highest BCUT2D eigenvalue weighted by Gasteiger charge is 2.10. The molecule has 2 aromatic carbocycles. The van der Waals surface area contributed by atoms with E-state index in [1.165, 1.54) is 5.56 Å². The van der Waals surface area contributed by atoms with Crippen LogP contribution in [0.4, 0.5) is 0 Å². The van der Waals surface area contributed by atoms with E-state index in [0.717, 1.165) is 16.8 Å². The average molecular weight is 235 g/mol. The summed E-state index contributed by atoms with van der Waals surface area (Å²) in [7, 11) is 0. The highest BCUT2D eigenvalue weighted by atomic mass is 16.6. The van der Waals surface area contributed by atoms with Crippen molar-refractivity contribution in [3.8, 4) is 0 Å². The van der Waals surface area contributed by atoms with Crippen LogP contribution in [0.1, 0.15) is 16.7 Å². The Labute approximate surface area is 106 Å². The van der Waals surface area contributed by atoms with Crippen LogP contribution in [-0.4, -0.2) is 5.71 Å². The third kappa shape index (κ3) is 2.18. The minimum Gasteiger partial charge on any atom is -0.390 e. The fourth-order valence-corrected chi connectivity index (χ4v) is 1.96. The van der Waals surface area contributed by atoms with Gasteiger partial charge in [-0.05, 0) is 17.2 Å². The van der Waals surface area contributed by atoms with Gasteiger partial charge in [-0.1, -0.05) is 65.8 Å². The molecular weight excluding hydrogens is 222 g/mol. The van der Waals surface area contributed by atoms with E-state index in [-0.39, 0.29) is 0 Å². The van der Waals surface area contributed by atoms with Crippen LogP contribution < -0.4 is 0 Å². The smallest absolute Gasteiger partial charge is 0.142 e. The Balaban J connectivity index is 1.70. The van der Waals surface area contributed by atoms with Crippen LogP contribution in [0.2, 0.25) is 0 Å². The first-order valence-electron chi connectivity index (χ1n) is 5.95. The molecule has 0 radical (unpaired) electrons. The van der Waals surface area contributed by atoms with Crippen LogP contribution in [0, 0.1) is 0 Å². The molecule has 0 amide bonds. The van der Waals surface area contributed by atoms with E-state index in [2.05, 4.69) is 23.4 Å². The second-order valence-electron chi connectivity index (χ2n) is 4.16. The van der Waals surface area contributed by atoms with Crippen molar-refractivity contribution in [3.05, 3.63) is 77.4 Å². The summed E-state index contributed by atoms with van der Waals surface area (Å²) >= 11 is 0. The van der Waals surface area contributed by atoms with E-state index in [1.54, 1.807) is 0 Å². The maximum absolute atomic E-state index is 5.40. The van der Waals surface area contributed by atoms with Gasteiger partial charge in [-0.2, -0.15) is 0 Å². The quantitative estimate of drug-likeness (QED) is 0.744. The predicted molar refractivity (Wildman–Crippen MR) is 73.2 cm³/mol. The Morgan fingerprint density at radius 3 is 2.50 bits per heavy atom. The fraction of sp³-hybridized carbons (Fsp3) is 0.0625. The monoisotopic (exact) mass is 235 g/mol. The van der Waals surface area contributed by atoms with Crippen molar-refractivity contribution in [2.24, 2.45) is 5.16 Å². The van der Waals surface area contributed by atoms with Gasteiger partial charge in [-0.3, -0.25) is 0 Å². The first kappa shape index (κ1) is 10.8. The Morgan fingerprint density at radius 2 is 1.61 bits per heavy atom. The molecule has 0 N–H and O–H groups in total. The second-order valence-corrected chi connectivity index (χ2v) is 4.16. The van der Waals surface area contributed by atoms with Crippen molar-refractivity contribution >= 4 is 11.8 Å². The molecule has 3 rings (SSSR count). The van der Waals surface area contributed by atoms with Gasteiger partial charge in [0.25, 0.3) is 0 Å². The molecule has 0 heterocycles. The van der Waals surface area contributed by atoms with Crippen molar-refractivity contribution in [3.63, 3.8) is 0 Å². The zero-order valence-electron chi connectivity index (χ0n) is 9.91. The summed E-state index contributed by atoms with van der Waals surface area (Å²) in [5.41, 5.74) is 4.34. The standard InChI is InChI=1S/C16H13NO/c1-2-6-13(7-3-1)12-18-17-16-11-10-14-8-4-5-9-15(14)16/h1-11H,12H2. The lowest BCUT2D eigenvalue weighted by molar-refractivity contribution is 0.131. The Bertz CT molecular complexity index is 600. The highest BCUT2D eigenvalue weighted by Crippen LogP contribution is 2.19. The third-order valence-corrected chi connectivity index (χ3v) is 2.89. The largest absolute Gasteiger partial charge is 0.390 e. The van der Waals surface area contributed by atoms with Gasteiger partial charge < -0.3 is 4.84 Å². The van der Waals surface area contributed by atoms with E-state index >= 15 is 0 Å². The summed E-state index contributed by atoms with van der Waals surface area (Å²) in [4.78, 5) is 5.40. The molecule has 0 saturated carbocycles. The van der Waals surface area contributed by atoms with Crippen molar-refractivity contribution in [2.45, 2.75) is 6.61 Å². The average Bonchev–Trinajstić information content (AvgIpc) is 2.84. The number of fused-ring (bicyclic) bond motifs is 1. The van der Waals surface area contributed by atoms with Crippen LogP contribution in [0.5, 0.6) is 0 Å². The number of benzene rings is 2. The summed E-state index contributed by atoms with van der Waals surface area (Å²) < 4.78 is 0. The third-order valence-electron chi connectivity index (χ3n) is 2.89. The topological polar surface area (TPSA) is 21.6 Å². The molecule has 0 aliphatic heterocycles. The predicted octanol–water partition coefficient (Wildman–Crippen LogP) is 3.63. The van der Waals surface area contributed by atoms with Crippen molar-refractivity contribution in [1.29, 1.82) is 0 Å². The molecule has 2 nitrogen and oxygen atoms in total. The SMILES string of the molecule is C1=Cc2ccccc2C1=NOCc1ccccc1. The minimum absolute atomic E-state index is 0.500. The van der Waals surface area contributed by atoms with E-state index in [1.807, 2.05) is 48.5 Å². The van der Waals surface area contributed by atoms with Gasteiger partial charge in [0.2, 0.25) is 0 Å². The normalized spacial score (nSPS) is 14.8. The van der Waals surface area contributed by atoms with Gasteiger partial charge in [-0.25, -0.2) is 0 Å². The fourth-order valence-electron chi connectivity index (χ4n) is 1.96. The summed E-state index contributed by atoms with van der Waals surface area (Å²) in [6.45, 7) is 0.500. The maximum Gasteiger partial charge on any atom is 0.142 e. The number of rotatable bonds is 3. The van der Waals surface area contributed by atoms with Crippen LogP contribution in [0.15, 0.2) is 65.8 Å². The Kier molecular flexibility index (Phi) is 2.92. The molecule has 1 aliphatic rings. The second kappa shape index (κ2) is 4.88. The van der Waals surface area contributed by atoms with Gasteiger partial charge in [0.15, 0.2) is 0 Å². The molecule has 18 heavy (non-hydrogen) atoms. The molecule has 0 atom stereocenters. The number of hydrogen-bond donors (Lipinski definition) is 0. The van der Waals surface area contributed by atoms with E-state index in [9.17, 15) is 0 Å². The number of allylic oxidation sites excluding steroid dienone is 1. The van der Waals surface area contributed by atoms with E-state index in [0.29, 0.717) is 6.61 Å². The number of hydrogen-bond acceptors (Lipinski definition) is 2. The van der Waals surface area contributed by atoms with Gasteiger partial charge in [-0.15, -0.1) is 0 Å². The van der Waals surface area contributed by atoms with E-state index < -0.39 is 0 Å². The van der Waals surface area contributed by atoms with Gasteiger partial charge in [0, 0.05) is 5.56 Å². The number of oxime groups is 1. The summed E-state index contributed by atoms with van der Waals surface area (Å²) in [6, 6.07) is 18.2. The molecule has 0 saturated heterocycles. The molecular formula is C16H13NO. The summed E-state index contributed by atoms with van der Waals surface area (Å²) in [5, 5.41) is 4.19. The zero-order valence-corrected chi connectivity index (χ0v) is 9.91. The molecule has 0 spiro atoms. The van der Waals surface area contributed by atoms with Crippen LogP contribution in [-0.2, 0) is 11.4 Å². The molecule has 0 unspecified atom stereocenters. The van der Waals surface area contributed by atoms with Crippen LogP contribution in [0.3, 0.4) is 0 Å². The molecule has 2 aromatic rings. The minimum atomic E-state index is 0.500. The van der Waals surface area contributed by atoms with Crippen molar-refractivity contribution in [2.75, 3.05) is 0 Å². The highest BCUT2D eigenvalue weighted by molar-refractivity contribution is 6.16. The lowest BCUT2D eigenvalue weighted by Gasteiger charge is -2.02. The van der Waals surface area contributed by atoms with Gasteiger partial charge in [0.1, 0.15) is 12.3 Å². The van der Waals surface area contributed by atoms with Gasteiger partial charge >= 0.3 is 0 Å². The van der Waals surface area contributed by atoms with Crippen LogP contribution >= 0.6 is 0 Å². The molecule has 0 bridgehead atoms. The van der Waals surface area contributed by atoms with Crippen LogP contribution in [0.25, 0.3) is 6.08 Å². The number of nitrogens with zero attached hydrogens (tertiary/aromatic N) is 1. The molecule has 0 aromatic heterocycles. The zero-order chi connectivity index (χ0) is 12.2. The summed E-state index contributed by atoms with van der Waals surface area (Å²) in [6.07, 6.45) is 4.04. The maximum atomic E-state index is 5.40. The summed E-state index contributed by atoms with van der Waals surface area (Å²) in [5.74, 6) is 0. The Hall–Kier alpha value is -2.35. The lowest BCUT2D eigenvalue weighted by Crippen LogP contribution is -1.96.